The van der Waals surface area contributed by atoms with Gasteiger partial charge in [-0.25, -0.2) is 0 Å². The Morgan fingerprint density at radius 1 is 1.32 bits per heavy atom. The van der Waals surface area contributed by atoms with E-state index >= 15 is 0 Å². The predicted octanol–water partition coefficient (Wildman–Crippen LogP) is 1.58. The molecule has 2 N–H and O–H groups in total. The van der Waals surface area contributed by atoms with Gasteiger partial charge in [-0.2, -0.15) is 0 Å². The van der Waals surface area contributed by atoms with Crippen LogP contribution in [0.15, 0.2) is 6.07 Å². The summed E-state index contributed by atoms with van der Waals surface area (Å²) in [5.74, 6) is 0.674. The van der Waals surface area contributed by atoms with E-state index < -0.39 is 0 Å². The molecular formula is C15H24N2O2. The van der Waals surface area contributed by atoms with E-state index in [1.165, 1.54) is 16.7 Å². The lowest BCUT2D eigenvalue weighted by Gasteiger charge is -2.18. The van der Waals surface area contributed by atoms with Gasteiger partial charge in [0.05, 0.1) is 13.7 Å². The molecule has 0 spiro atoms. The highest BCUT2D eigenvalue weighted by Crippen LogP contribution is 2.28. The van der Waals surface area contributed by atoms with Crippen molar-refractivity contribution in [3.63, 3.8) is 0 Å². The van der Waals surface area contributed by atoms with Gasteiger partial charge in [-0.3, -0.25) is 9.69 Å². The van der Waals surface area contributed by atoms with E-state index in [0.29, 0.717) is 6.54 Å². The van der Waals surface area contributed by atoms with Crippen molar-refractivity contribution < 1.29 is 9.53 Å². The molecule has 0 unspecified atom stereocenters. The third-order valence-electron chi connectivity index (χ3n) is 3.53. The number of aryl methyl sites for hydroxylation is 1. The summed E-state index contributed by atoms with van der Waals surface area (Å²) in [6.07, 6.45) is 0.904. The Bertz CT molecular complexity index is 470. The predicted molar refractivity (Wildman–Crippen MR) is 77.6 cm³/mol. The van der Waals surface area contributed by atoms with Gasteiger partial charge in [-0.1, -0.05) is 6.07 Å². The largest absolute Gasteiger partial charge is 0.496 e. The van der Waals surface area contributed by atoms with Gasteiger partial charge >= 0.3 is 0 Å². The molecule has 1 amide bonds. The average molecular weight is 264 g/mol. The second-order valence-corrected chi connectivity index (χ2v) is 5.09. The highest BCUT2D eigenvalue weighted by atomic mass is 16.5. The van der Waals surface area contributed by atoms with Crippen molar-refractivity contribution in [3.05, 3.63) is 28.3 Å². The molecule has 4 heteroatoms. The van der Waals surface area contributed by atoms with Crippen LogP contribution in [0.25, 0.3) is 0 Å². The maximum Gasteiger partial charge on any atom is 0.231 e. The van der Waals surface area contributed by atoms with Crippen molar-refractivity contribution in [2.45, 2.75) is 27.2 Å². The second-order valence-electron chi connectivity index (χ2n) is 5.09. The average Bonchev–Trinajstić information content (AvgIpc) is 2.32. The number of primary amides is 1. The molecule has 4 nitrogen and oxygen atoms in total. The molecule has 0 fully saturated rings. The van der Waals surface area contributed by atoms with Crippen LogP contribution in [0.2, 0.25) is 0 Å². The SMILES string of the molecule is COc1c(C)cc(CCN(C)CC(N)=O)c(C)c1C. The maximum absolute atomic E-state index is 10.8. The zero-order chi connectivity index (χ0) is 14.6. The third-order valence-corrected chi connectivity index (χ3v) is 3.53. The molecule has 19 heavy (non-hydrogen) atoms. The Morgan fingerprint density at radius 2 is 1.95 bits per heavy atom. The Labute approximate surface area is 115 Å². The van der Waals surface area contributed by atoms with Crippen molar-refractivity contribution in [2.75, 3.05) is 27.2 Å². The van der Waals surface area contributed by atoms with E-state index in [1.807, 2.05) is 11.9 Å². The van der Waals surface area contributed by atoms with Crippen LogP contribution >= 0.6 is 0 Å². The van der Waals surface area contributed by atoms with Crippen LogP contribution in [0.3, 0.4) is 0 Å². The molecule has 0 atom stereocenters. The minimum absolute atomic E-state index is 0.290. The van der Waals surface area contributed by atoms with E-state index in [9.17, 15) is 4.79 Å². The summed E-state index contributed by atoms with van der Waals surface area (Å²) in [5.41, 5.74) is 10.1. The standard InChI is InChI=1S/C15H24N2O2/c1-10-8-13(6-7-17(4)9-14(16)18)11(2)12(3)15(10)19-5/h8H,6-7,9H2,1-5H3,(H2,16,18). The highest BCUT2D eigenvalue weighted by molar-refractivity contribution is 5.75. The van der Waals surface area contributed by atoms with Crippen molar-refractivity contribution in [1.29, 1.82) is 0 Å². The molecule has 1 rings (SSSR count). The van der Waals surface area contributed by atoms with Crippen LogP contribution in [0.1, 0.15) is 22.3 Å². The molecule has 106 valence electrons. The van der Waals surface area contributed by atoms with Crippen LogP contribution in [0, 0.1) is 20.8 Å². The molecule has 1 aromatic carbocycles. The number of carbonyl (C=O) groups excluding carboxylic acids is 1. The van der Waals surface area contributed by atoms with Crippen molar-refractivity contribution in [1.82, 2.24) is 4.90 Å². The Morgan fingerprint density at radius 3 is 2.47 bits per heavy atom. The molecular weight excluding hydrogens is 240 g/mol. The van der Waals surface area contributed by atoms with Gasteiger partial charge in [-0.15, -0.1) is 0 Å². The lowest BCUT2D eigenvalue weighted by atomic mass is 9.96. The number of hydrogen-bond donors (Lipinski definition) is 1. The summed E-state index contributed by atoms with van der Waals surface area (Å²) in [7, 11) is 3.61. The lowest BCUT2D eigenvalue weighted by molar-refractivity contribution is -0.118. The number of ether oxygens (including phenoxy) is 1. The van der Waals surface area contributed by atoms with E-state index in [4.69, 9.17) is 10.5 Å². The molecule has 0 aliphatic rings. The van der Waals surface area contributed by atoms with Crippen molar-refractivity contribution in [2.24, 2.45) is 5.73 Å². The first-order valence-electron chi connectivity index (χ1n) is 6.47. The topological polar surface area (TPSA) is 55.6 Å². The molecule has 0 aliphatic carbocycles. The number of nitrogens with zero attached hydrogens (tertiary/aromatic N) is 1. The van der Waals surface area contributed by atoms with Crippen LogP contribution < -0.4 is 10.5 Å². The van der Waals surface area contributed by atoms with Gasteiger partial charge in [0.25, 0.3) is 0 Å². The Balaban J connectivity index is 2.82. The molecule has 0 saturated heterocycles. The number of hydrogen-bond acceptors (Lipinski definition) is 3. The normalized spacial score (nSPS) is 10.8. The summed E-state index contributed by atoms with van der Waals surface area (Å²) < 4.78 is 5.42. The maximum atomic E-state index is 10.8. The first kappa shape index (κ1) is 15.5. The van der Waals surface area contributed by atoms with Gasteiger partial charge in [0.2, 0.25) is 5.91 Å². The number of benzene rings is 1. The number of nitrogens with two attached hydrogens (primary N) is 1. The van der Waals surface area contributed by atoms with Crippen molar-refractivity contribution in [3.8, 4) is 5.75 Å². The monoisotopic (exact) mass is 264 g/mol. The molecule has 0 heterocycles. The van der Waals surface area contributed by atoms with E-state index in [-0.39, 0.29) is 5.91 Å². The van der Waals surface area contributed by atoms with Gasteiger partial charge < -0.3 is 10.5 Å². The zero-order valence-corrected chi connectivity index (χ0v) is 12.5. The van der Waals surface area contributed by atoms with E-state index in [2.05, 4.69) is 26.8 Å². The number of carbonyl (C=O) groups is 1. The Kier molecular flexibility index (Phi) is 5.36. The zero-order valence-electron chi connectivity index (χ0n) is 12.5. The fourth-order valence-corrected chi connectivity index (χ4v) is 2.37. The molecule has 0 saturated carbocycles. The van der Waals surface area contributed by atoms with Crippen LogP contribution in [-0.2, 0) is 11.2 Å². The minimum atomic E-state index is -0.290. The van der Waals surface area contributed by atoms with Crippen molar-refractivity contribution >= 4 is 5.91 Å². The first-order valence-corrected chi connectivity index (χ1v) is 6.47. The number of likely N-dealkylation sites (N-methyl/N-ethyl adjacent to an activating group) is 1. The Hall–Kier alpha value is -1.55. The molecule has 1 aromatic rings. The quantitative estimate of drug-likeness (QED) is 0.848. The van der Waals surface area contributed by atoms with Crippen LogP contribution in [0.5, 0.6) is 5.75 Å². The van der Waals surface area contributed by atoms with Gasteiger partial charge in [-0.05, 0) is 56.5 Å². The van der Waals surface area contributed by atoms with Gasteiger partial charge in [0, 0.05) is 6.54 Å². The van der Waals surface area contributed by atoms with E-state index in [0.717, 1.165) is 24.3 Å². The first-order chi connectivity index (χ1) is 8.86. The molecule has 0 radical (unpaired) electrons. The van der Waals surface area contributed by atoms with E-state index in [1.54, 1.807) is 7.11 Å². The summed E-state index contributed by atoms with van der Waals surface area (Å²) in [4.78, 5) is 12.8. The summed E-state index contributed by atoms with van der Waals surface area (Å²) in [5, 5.41) is 0. The summed E-state index contributed by atoms with van der Waals surface area (Å²) >= 11 is 0. The van der Waals surface area contributed by atoms with Crippen LogP contribution in [-0.4, -0.2) is 38.1 Å². The fourth-order valence-electron chi connectivity index (χ4n) is 2.37. The molecule has 0 bridgehead atoms. The highest BCUT2D eigenvalue weighted by Gasteiger charge is 2.11. The smallest absolute Gasteiger partial charge is 0.231 e. The number of rotatable bonds is 6. The summed E-state index contributed by atoms with van der Waals surface area (Å²) in [6.45, 7) is 7.36. The van der Waals surface area contributed by atoms with Gasteiger partial charge in [0.15, 0.2) is 0 Å². The minimum Gasteiger partial charge on any atom is -0.496 e. The molecule has 0 aliphatic heterocycles. The number of amides is 1. The second kappa shape index (κ2) is 6.57. The molecule has 0 aromatic heterocycles. The lowest BCUT2D eigenvalue weighted by Crippen LogP contribution is -2.32. The van der Waals surface area contributed by atoms with Crippen LogP contribution in [0.4, 0.5) is 0 Å². The fraction of sp³-hybridized carbons (Fsp3) is 0.533. The van der Waals surface area contributed by atoms with Gasteiger partial charge in [0.1, 0.15) is 5.75 Å². The summed E-state index contributed by atoms with van der Waals surface area (Å²) in [6, 6.07) is 2.17. The third kappa shape index (κ3) is 3.96. The number of methoxy groups -OCH3 is 1.